The van der Waals surface area contributed by atoms with Crippen molar-refractivity contribution in [3.8, 4) is 11.5 Å². The van der Waals surface area contributed by atoms with Crippen molar-refractivity contribution in [3.63, 3.8) is 0 Å². The lowest BCUT2D eigenvalue weighted by molar-refractivity contribution is -0.140. The van der Waals surface area contributed by atoms with Gasteiger partial charge in [0.2, 0.25) is 11.8 Å². The van der Waals surface area contributed by atoms with E-state index >= 15 is 0 Å². The van der Waals surface area contributed by atoms with Crippen LogP contribution in [0.15, 0.2) is 102 Å². The summed E-state index contributed by atoms with van der Waals surface area (Å²) in [6.07, 6.45) is 4.07. The Morgan fingerprint density at radius 1 is 0.816 bits per heavy atom. The Balaban J connectivity index is 1.61. The number of sulfonamides is 1. The van der Waals surface area contributed by atoms with E-state index in [0.717, 1.165) is 52.2 Å². The second-order valence-corrected chi connectivity index (χ2v) is 14.4. The summed E-state index contributed by atoms with van der Waals surface area (Å²) in [5, 5.41) is 3.21. The highest BCUT2D eigenvalue weighted by Crippen LogP contribution is 2.34. The minimum atomic E-state index is -4.27. The molecule has 9 nitrogen and oxygen atoms in total. The maximum atomic E-state index is 14.8. The number of carbonyl (C=O) groups excluding carboxylic acids is 2. The molecule has 4 aromatic carbocycles. The molecule has 0 saturated heterocycles. The van der Waals surface area contributed by atoms with Crippen LogP contribution in [0.5, 0.6) is 11.5 Å². The molecule has 258 valence electrons. The summed E-state index contributed by atoms with van der Waals surface area (Å²) in [5.74, 6) is 0.0962. The number of carbonyl (C=O) groups is 2. The molecule has 0 spiro atoms. The molecular weight excluding hydrogens is 639 g/mol. The second-order valence-electron chi connectivity index (χ2n) is 12.6. The van der Waals surface area contributed by atoms with Gasteiger partial charge >= 0.3 is 0 Å². The van der Waals surface area contributed by atoms with Crippen molar-refractivity contribution in [2.24, 2.45) is 0 Å². The predicted octanol–water partition coefficient (Wildman–Crippen LogP) is 6.21. The lowest BCUT2D eigenvalue weighted by Crippen LogP contribution is -2.54. The van der Waals surface area contributed by atoms with Gasteiger partial charge in [-0.05, 0) is 79.8 Å². The van der Waals surface area contributed by atoms with Gasteiger partial charge in [-0.1, -0.05) is 79.1 Å². The van der Waals surface area contributed by atoms with Gasteiger partial charge in [-0.25, -0.2) is 8.42 Å². The second kappa shape index (κ2) is 16.0. The summed E-state index contributed by atoms with van der Waals surface area (Å²) >= 11 is 0. The van der Waals surface area contributed by atoms with E-state index in [1.165, 1.54) is 24.1 Å². The summed E-state index contributed by atoms with van der Waals surface area (Å²) < 4.78 is 41.1. The number of nitrogens with one attached hydrogen (secondary N) is 1. The molecule has 1 fully saturated rings. The molecule has 1 aliphatic carbocycles. The highest BCUT2D eigenvalue weighted by atomic mass is 32.2. The molecule has 4 aromatic rings. The van der Waals surface area contributed by atoms with Gasteiger partial charge in [0.25, 0.3) is 10.0 Å². The topological polar surface area (TPSA) is 105 Å². The Bertz CT molecular complexity index is 1840. The number of ether oxygens (including phenoxy) is 2. The smallest absolute Gasteiger partial charge is 0.264 e. The Hall–Kier alpha value is -4.83. The van der Waals surface area contributed by atoms with Crippen molar-refractivity contribution < 1.29 is 27.5 Å². The molecule has 5 rings (SSSR count). The molecule has 49 heavy (non-hydrogen) atoms. The van der Waals surface area contributed by atoms with Crippen LogP contribution in [0.4, 0.5) is 5.69 Å². The van der Waals surface area contributed by atoms with Crippen LogP contribution >= 0.6 is 0 Å². The minimum absolute atomic E-state index is 0.0227. The van der Waals surface area contributed by atoms with E-state index in [4.69, 9.17) is 9.47 Å². The van der Waals surface area contributed by atoms with Gasteiger partial charge in [-0.3, -0.25) is 13.9 Å². The van der Waals surface area contributed by atoms with Gasteiger partial charge in [0.15, 0.2) is 0 Å². The van der Waals surface area contributed by atoms with Crippen molar-refractivity contribution in [2.75, 3.05) is 25.1 Å². The molecule has 1 saturated carbocycles. The van der Waals surface area contributed by atoms with Gasteiger partial charge in [0, 0.05) is 19.0 Å². The number of rotatable bonds is 14. The molecule has 1 atom stereocenters. The van der Waals surface area contributed by atoms with Crippen LogP contribution < -0.4 is 19.1 Å². The third kappa shape index (κ3) is 8.80. The monoisotopic (exact) mass is 683 g/mol. The fraction of sp³-hybridized carbons (Fsp3) is 0.333. The van der Waals surface area contributed by atoms with Gasteiger partial charge < -0.3 is 19.7 Å². The molecule has 0 aliphatic heterocycles. The van der Waals surface area contributed by atoms with Crippen molar-refractivity contribution in [2.45, 2.75) is 69.5 Å². The summed E-state index contributed by atoms with van der Waals surface area (Å²) in [6, 6.07) is 27.7. The molecule has 0 heterocycles. The Labute approximate surface area is 289 Å². The number of hydrogen-bond acceptors (Lipinski definition) is 6. The van der Waals surface area contributed by atoms with Gasteiger partial charge in [0.05, 0.1) is 24.8 Å². The maximum Gasteiger partial charge on any atom is 0.264 e. The van der Waals surface area contributed by atoms with Crippen LogP contribution in [0, 0.1) is 13.8 Å². The average molecular weight is 684 g/mol. The average Bonchev–Trinajstić information content (AvgIpc) is 3.62. The van der Waals surface area contributed by atoms with Crippen molar-refractivity contribution in [1.82, 2.24) is 10.2 Å². The largest absolute Gasteiger partial charge is 0.497 e. The molecular formula is C39H45N3O6S. The number of amides is 2. The van der Waals surface area contributed by atoms with Crippen LogP contribution in [0.1, 0.15) is 47.9 Å². The number of aryl methyl sites for hydroxylation is 2. The van der Waals surface area contributed by atoms with Crippen LogP contribution in [-0.2, 0) is 32.6 Å². The van der Waals surface area contributed by atoms with Crippen LogP contribution in [-0.4, -0.2) is 58.0 Å². The van der Waals surface area contributed by atoms with Crippen molar-refractivity contribution >= 4 is 27.5 Å². The van der Waals surface area contributed by atoms with Crippen LogP contribution in [0.25, 0.3) is 0 Å². The predicted molar refractivity (Wildman–Crippen MR) is 191 cm³/mol. The normalized spacial score (nSPS) is 13.8. The van der Waals surface area contributed by atoms with E-state index in [0.29, 0.717) is 11.5 Å². The summed E-state index contributed by atoms with van der Waals surface area (Å²) in [5.41, 5.74) is 3.53. The van der Waals surface area contributed by atoms with E-state index < -0.39 is 28.5 Å². The highest BCUT2D eigenvalue weighted by Gasteiger charge is 2.36. The lowest BCUT2D eigenvalue weighted by Gasteiger charge is -2.34. The molecule has 1 unspecified atom stereocenters. The molecule has 1 N–H and O–H groups in total. The zero-order chi connectivity index (χ0) is 35.0. The third-order valence-electron chi connectivity index (χ3n) is 8.95. The first-order chi connectivity index (χ1) is 23.6. The third-order valence-corrected chi connectivity index (χ3v) is 10.7. The van der Waals surface area contributed by atoms with Crippen molar-refractivity contribution in [3.05, 3.63) is 119 Å². The van der Waals surface area contributed by atoms with Gasteiger partial charge in [-0.2, -0.15) is 0 Å². The minimum Gasteiger partial charge on any atom is -0.497 e. The lowest BCUT2D eigenvalue weighted by atomic mass is 10.0. The number of anilines is 1. The van der Waals surface area contributed by atoms with E-state index in [9.17, 15) is 18.0 Å². The summed E-state index contributed by atoms with van der Waals surface area (Å²) in [4.78, 5) is 30.6. The SMILES string of the molecule is COc1cccc(CN(C(=O)CN(c2cc(C)ccc2OC)S(=O)(=O)c2ccc(C)cc2)C(Cc2ccccc2)C(=O)NC2CCCC2)c1. The fourth-order valence-electron chi connectivity index (χ4n) is 6.23. The summed E-state index contributed by atoms with van der Waals surface area (Å²) in [6.45, 7) is 3.21. The molecule has 1 aliphatic rings. The van der Waals surface area contributed by atoms with E-state index in [-0.39, 0.29) is 35.5 Å². The van der Waals surface area contributed by atoms with E-state index in [2.05, 4.69) is 5.32 Å². The number of nitrogens with zero attached hydrogens (tertiary/aromatic N) is 2. The number of hydrogen-bond donors (Lipinski definition) is 1. The zero-order valence-electron chi connectivity index (χ0n) is 28.6. The quantitative estimate of drug-likeness (QED) is 0.169. The first-order valence-electron chi connectivity index (χ1n) is 16.6. The van der Waals surface area contributed by atoms with Crippen molar-refractivity contribution in [1.29, 1.82) is 0 Å². The zero-order valence-corrected chi connectivity index (χ0v) is 29.4. The molecule has 2 amide bonds. The van der Waals surface area contributed by atoms with Crippen LogP contribution in [0.2, 0.25) is 0 Å². The Morgan fingerprint density at radius 3 is 2.16 bits per heavy atom. The molecule has 0 radical (unpaired) electrons. The number of benzene rings is 4. The molecule has 0 aromatic heterocycles. The first kappa shape index (κ1) is 35.5. The van der Waals surface area contributed by atoms with E-state index in [1.54, 1.807) is 31.4 Å². The fourth-order valence-corrected chi connectivity index (χ4v) is 7.65. The molecule has 10 heteroatoms. The highest BCUT2D eigenvalue weighted by molar-refractivity contribution is 7.92. The Kier molecular flexibility index (Phi) is 11.6. The van der Waals surface area contributed by atoms with Gasteiger partial charge in [0.1, 0.15) is 24.1 Å². The van der Waals surface area contributed by atoms with E-state index in [1.807, 2.05) is 74.5 Å². The molecule has 0 bridgehead atoms. The summed E-state index contributed by atoms with van der Waals surface area (Å²) in [7, 11) is -1.24. The standard InChI is InChI=1S/C39H45N3O6S/c1-28-17-20-34(21-18-28)49(45,46)42(35-23-29(2)19-22-37(35)48-4)27-38(43)41(26-31-13-10-16-33(24-31)47-3)36(25-30-11-6-5-7-12-30)39(44)40-32-14-8-9-15-32/h5-7,10-13,16-24,32,36H,8-9,14-15,25-27H2,1-4H3,(H,40,44). The Morgan fingerprint density at radius 2 is 1.49 bits per heavy atom. The maximum absolute atomic E-state index is 14.8. The van der Waals surface area contributed by atoms with Crippen LogP contribution in [0.3, 0.4) is 0 Å². The number of methoxy groups -OCH3 is 2. The van der Waals surface area contributed by atoms with Gasteiger partial charge in [-0.15, -0.1) is 0 Å². The first-order valence-corrected chi connectivity index (χ1v) is 18.0.